The van der Waals surface area contributed by atoms with Gasteiger partial charge in [0.15, 0.2) is 0 Å². The van der Waals surface area contributed by atoms with Gasteiger partial charge in [-0.3, -0.25) is 0 Å². The Morgan fingerprint density at radius 2 is 1.76 bits per heavy atom. The zero-order valence-corrected chi connectivity index (χ0v) is 12.3. The number of hydrogen-bond acceptors (Lipinski definition) is 2. The average Bonchev–Trinajstić information content (AvgIpc) is 2.28. The first-order valence-corrected chi connectivity index (χ1v) is 7.36. The van der Waals surface area contributed by atoms with Gasteiger partial charge < -0.3 is 11.1 Å². The van der Waals surface area contributed by atoms with Crippen LogP contribution in [0.3, 0.4) is 0 Å². The molecule has 1 aliphatic rings. The van der Waals surface area contributed by atoms with Gasteiger partial charge in [-0.05, 0) is 55.6 Å². The predicted octanol–water partition coefficient (Wildman–Crippen LogP) is 3.02. The van der Waals surface area contributed by atoms with Crippen LogP contribution >= 0.6 is 0 Å². The lowest BCUT2D eigenvalue weighted by atomic mass is 9.78. The van der Waals surface area contributed by atoms with Crippen molar-refractivity contribution < 1.29 is 0 Å². The van der Waals surface area contributed by atoms with E-state index in [-0.39, 0.29) is 0 Å². The fourth-order valence-electron chi connectivity index (χ4n) is 2.65. The molecule has 102 valence electrons. The lowest BCUT2D eigenvalue weighted by molar-refractivity contribution is 0.213. The molecular weight excluding hydrogens is 208 g/mol. The van der Waals surface area contributed by atoms with Crippen LogP contribution in [0.1, 0.15) is 53.4 Å². The summed E-state index contributed by atoms with van der Waals surface area (Å²) in [5, 5.41) is 3.67. The number of nitrogens with one attached hydrogen (secondary N) is 1. The molecule has 0 aromatic carbocycles. The molecule has 2 nitrogen and oxygen atoms in total. The molecule has 3 N–H and O–H groups in total. The van der Waals surface area contributed by atoms with Crippen LogP contribution in [0.4, 0.5) is 0 Å². The molecule has 0 aromatic heterocycles. The van der Waals surface area contributed by atoms with Crippen LogP contribution in [-0.4, -0.2) is 19.6 Å². The smallest absolute Gasteiger partial charge is 0.00173 e. The number of hydrogen-bond donors (Lipinski definition) is 2. The molecule has 0 amide bonds. The van der Waals surface area contributed by atoms with Crippen molar-refractivity contribution in [2.45, 2.75) is 53.4 Å². The predicted molar refractivity (Wildman–Crippen MR) is 76.0 cm³/mol. The first-order chi connectivity index (χ1) is 7.95. The maximum Gasteiger partial charge on any atom is -0.00173 e. The van der Waals surface area contributed by atoms with Gasteiger partial charge >= 0.3 is 0 Å². The molecule has 0 bridgehead atoms. The first kappa shape index (κ1) is 15.0. The van der Waals surface area contributed by atoms with E-state index in [9.17, 15) is 0 Å². The van der Waals surface area contributed by atoms with Crippen molar-refractivity contribution in [3.63, 3.8) is 0 Å². The van der Waals surface area contributed by atoms with Crippen molar-refractivity contribution in [3.05, 3.63) is 0 Å². The Morgan fingerprint density at radius 1 is 1.18 bits per heavy atom. The Morgan fingerprint density at radius 3 is 2.29 bits per heavy atom. The van der Waals surface area contributed by atoms with Gasteiger partial charge in [0.1, 0.15) is 0 Å². The van der Waals surface area contributed by atoms with Gasteiger partial charge in [-0.25, -0.2) is 0 Å². The maximum atomic E-state index is 5.87. The third-order valence-corrected chi connectivity index (χ3v) is 4.70. The molecule has 0 saturated heterocycles. The zero-order chi connectivity index (χ0) is 12.9. The summed E-state index contributed by atoms with van der Waals surface area (Å²) in [6, 6.07) is 0. The highest BCUT2D eigenvalue weighted by Crippen LogP contribution is 2.29. The van der Waals surface area contributed by atoms with Crippen LogP contribution in [0.2, 0.25) is 0 Å². The van der Waals surface area contributed by atoms with Gasteiger partial charge in [-0.2, -0.15) is 0 Å². The van der Waals surface area contributed by atoms with Crippen LogP contribution in [-0.2, 0) is 0 Å². The minimum absolute atomic E-state index is 0.410. The summed E-state index contributed by atoms with van der Waals surface area (Å²) in [5.41, 5.74) is 6.28. The number of nitrogens with two attached hydrogens (primary N) is 1. The van der Waals surface area contributed by atoms with Gasteiger partial charge in [0.05, 0.1) is 0 Å². The molecule has 17 heavy (non-hydrogen) atoms. The number of rotatable bonds is 5. The Hall–Kier alpha value is -0.0800. The molecule has 0 heterocycles. The van der Waals surface area contributed by atoms with E-state index in [1.165, 1.54) is 32.2 Å². The van der Waals surface area contributed by atoms with Gasteiger partial charge in [0.25, 0.3) is 0 Å². The summed E-state index contributed by atoms with van der Waals surface area (Å²) >= 11 is 0. The second kappa shape index (κ2) is 6.75. The first-order valence-electron chi connectivity index (χ1n) is 7.36. The molecule has 1 aliphatic carbocycles. The van der Waals surface area contributed by atoms with E-state index in [2.05, 4.69) is 33.0 Å². The second-order valence-corrected chi connectivity index (χ2v) is 6.97. The van der Waals surface area contributed by atoms with Gasteiger partial charge in [0.2, 0.25) is 0 Å². The summed E-state index contributed by atoms with van der Waals surface area (Å²) in [6.07, 6.45) is 5.50. The zero-order valence-electron chi connectivity index (χ0n) is 12.3. The van der Waals surface area contributed by atoms with E-state index in [4.69, 9.17) is 5.73 Å². The normalized spacial score (nSPS) is 28.1. The van der Waals surface area contributed by atoms with E-state index in [1.807, 2.05) is 0 Å². The average molecular weight is 240 g/mol. The van der Waals surface area contributed by atoms with E-state index >= 15 is 0 Å². The van der Waals surface area contributed by atoms with Crippen molar-refractivity contribution in [2.24, 2.45) is 28.9 Å². The largest absolute Gasteiger partial charge is 0.330 e. The van der Waals surface area contributed by atoms with Crippen LogP contribution in [0.15, 0.2) is 0 Å². The minimum Gasteiger partial charge on any atom is -0.330 e. The molecule has 0 aliphatic heterocycles. The van der Waals surface area contributed by atoms with Crippen molar-refractivity contribution in [3.8, 4) is 0 Å². The molecule has 0 radical (unpaired) electrons. The highest BCUT2D eigenvalue weighted by atomic mass is 14.9. The highest BCUT2D eigenvalue weighted by molar-refractivity contribution is 4.79. The maximum absolute atomic E-state index is 5.87. The third-order valence-electron chi connectivity index (χ3n) is 4.70. The van der Waals surface area contributed by atoms with Crippen LogP contribution in [0.25, 0.3) is 0 Å². The van der Waals surface area contributed by atoms with Crippen LogP contribution in [0, 0.1) is 23.2 Å². The van der Waals surface area contributed by atoms with Crippen molar-refractivity contribution in [2.75, 3.05) is 19.6 Å². The molecule has 1 saturated carbocycles. The molecule has 3 atom stereocenters. The van der Waals surface area contributed by atoms with Gasteiger partial charge in [0, 0.05) is 0 Å². The Bertz CT molecular complexity index is 207. The van der Waals surface area contributed by atoms with Crippen molar-refractivity contribution in [1.29, 1.82) is 0 Å². The lowest BCUT2D eigenvalue weighted by Gasteiger charge is -2.32. The summed E-state index contributed by atoms with van der Waals surface area (Å²) in [5.74, 6) is 2.31. The fourth-order valence-corrected chi connectivity index (χ4v) is 2.65. The molecular formula is C15H32N2. The summed E-state index contributed by atoms with van der Waals surface area (Å²) in [6.45, 7) is 12.5. The summed E-state index contributed by atoms with van der Waals surface area (Å²) in [4.78, 5) is 0. The Labute approximate surface area is 108 Å². The van der Waals surface area contributed by atoms with Crippen LogP contribution in [0.5, 0.6) is 0 Å². The quantitative estimate of drug-likeness (QED) is 0.775. The van der Waals surface area contributed by atoms with E-state index in [1.54, 1.807) is 0 Å². The Kier molecular flexibility index (Phi) is 5.94. The molecule has 1 fully saturated rings. The molecule has 2 heteroatoms. The highest BCUT2D eigenvalue weighted by Gasteiger charge is 2.24. The van der Waals surface area contributed by atoms with Crippen molar-refractivity contribution in [1.82, 2.24) is 5.32 Å². The molecule has 3 unspecified atom stereocenters. The fraction of sp³-hybridized carbons (Fsp3) is 1.00. The standard InChI is InChI=1S/C15H32N2/c1-12(15(2,3)4)10-17-11-14-8-6-5-7-13(14)9-16/h12-14,17H,5-11,16H2,1-4H3. The lowest BCUT2D eigenvalue weighted by Crippen LogP contribution is -2.37. The molecule has 0 aromatic rings. The van der Waals surface area contributed by atoms with Gasteiger partial charge in [-0.15, -0.1) is 0 Å². The van der Waals surface area contributed by atoms with Gasteiger partial charge in [-0.1, -0.05) is 40.5 Å². The van der Waals surface area contributed by atoms with E-state index < -0.39 is 0 Å². The summed E-state index contributed by atoms with van der Waals surface area (Å²) in [7, 11) is 0. The van der Waals surface area contributed by atoms with E-state index in [0.29, 0.717) is 5.41 Å². The molecule has 1 rings (SSSR count). The van der Waals surface area contributed by atoms with Crippen LogP contribution < -0.4 is 11.1 Å². The summed E-state index contributed by atoms with van der Waals surface area (Å²) < 4.78 is 0. The van der Waals surface area contributed by atoms with Crippen molar-refractivity contribution >= 4 is 0 Å². The SMILES string of the molecule is CC(CNCC1CCCCC1CN)C(C)(C)C. The molecule has 0 spiro atoms. The minimum atomic E-state index is 0.410. The second-order valence-electron chi connectivity index (χ2n) is 6.97. The monoisotopic (exact) mass is 240 g/mol. The Balaban J connectivity index is 2.25. The topological polar surface area (TPSA) is 38.0 Å². The third kappa shape index (κ3) is 4.97. The van der Waals surface area contributed by atoms with E-state index in [0.717, 1.165) is 30.8 Å².